The summed E-state index contributed by atoms with van der Waals surface area (Å²) in [6, 6.07) is 28.5. The van der Waals surface area contributed by atoms with E-state index in [0.717, 1.165) is 60.9 Å². The lowest BCUT2D eigenvalue weighted by Gasteiger charge is -2.40. The predicted molar refractivity (Wildman–Crippen MR) is 209 cm³/mol. The number of piperidine rings is 1. The van der Waals surface area contributed by atoms with Gasteiger partial charge in [-0.15, -0.1) is 0 Å². The van der Waals surface area contributed by atoms with E-state index < -0.39 is 12.1 Å². The van der Waals surface area contributed by atoms with Crippen LogP contribution in [0.3, 0.4) is 0 Å². The maximum absolute atomic E-state index is 14.8. The summed E-state index contributed by atoms with van der Waals surface area (Å²) < 4.78 is 42.8. The first-order valence-electron chi connectivity index (χ1n) is 19.3. The maximum Gasteiger partial charge on any atom is 0.408 e. The molecule has 0 saturated carbocycles. The highest BCUT2D eigenvalue weighted by molar-refractivity contribution is 5.86. The molecule has 4 aromatic carbocycles. The number of hydrogen-bond donors (Lipinski definition) is 1. The van der Waals surface area contributed by atoms with Crippen molar-refractivity contribution in [3.05, 3.63) is 132 Å². The van der Waals surface area contributed by atoms with Gasteiger partial charge in [0.25, 0.3) is 0 Å². The number of aromatic nitrogens is 1. The third kappa shape index (κ3) is 9.17. The molecule has 2 amide bonds. The van der Waals surface area contributed by atoms with E-state index in [0.29, 0.717) is 56.3 Å². The number of carbonyl (C=O) groups excluding carboxylic acids is 2. The van der Waals surface area contributed by atoms with Crippen LogP contribution in [0.15, 0.2) is 103 Å². The normalized spacial score (nSPS) is 16.2. The lowest BCUT2D eigenvalue weighted by Crippen LogP contribution is -2.58. The van der Waals surface area contributed by atoms with Crippen LogP contribution < -0.4 is 10.1 Å². The molecule has 55 heavy (non-hydrogen) atoms. The average molecular weight is 750 g/mol. The Morgan fingerprint density at radius 1 is 0.800 bits per heavy atom. The molecule has 1 N–H and O–H groups in total. The topological polar surface area (TPSA) is 79.3 Å². The second-order valence-corrected chi connectivity index (χ2v) is 14.4. The summed E-state index contributed by atoms with van der Waals surface area (Å²) in [5, 5.41) is 4.07. The molecule has 9 nitrogen and oxygen atoms in total. The van der Waals surface area contributed by atoms with Gasteiger partial charge in [0, 0.05) is 56.4 Å². The van der Waals surface area contributed by atoms with Crippen molar-refractivity contribution in [2.45, 2.75) is 45.4 Å². The third-order valence-electron chi connectivity index (χ3n) is 10.9. The lowest BCUT2D eigenvalue weighted by atomic mass is 9.88. The van der Waals surface area contributed by atoms with Crippen LogP contribution in [-0.2, 0) is 29.1 Å². The fourth-order valence-corrected chi connectivity index (χ4v) is 7.89. The number of hydrogen-bond acceptors (Lipinski definition) is 6. The Bertz CT molecular complexity index is 2060. The number of likely N-dealkylation sites (tertiary alicyclic amines) is 1. The molecule has 5 aromatic rings. The molecule has 2 aliphatic heterocycles. The molecule has 3 heterocycles. The Kier molecular flexibility index (Phi) is 12.4. The van der Waals surface area contributed by atoms with E-state index in [1.54, 1.807) is 24.3 Å². The fourth-order valence-electron chi connectivity index (χ4n) is 7.89. The molecule has 2 saturated heterocycles. The number of piperazine rings is 1. The summed E-state index contributed by atoms with van der Waals surface area (Å²) in [5.74, 6) is -0.208. The van der Waals surface area contributed by atoms with Crippen molar-refractivity contribution in [1.82, 2.24) is 24.6 Å². The van der Waals surface area contributed by atoms with E-state index in [9.17, 15) is 18.4 Å². The first kappa shape index (κ1) is 38.0. The minimum atomic E-state index is -0.730. The van der Waals surface area contributed by atoms with Crippen molar-refractivity contribution < 1.29 is 27.8 Å². The van der Waals surface area contributed by atoms with Gasteiger partial charge in [-0.2, -0.15) is 0 Å². The number of benzene rings is 4. The fraction of sp³-hybridized carbons (Fsp3) is 0.364. The van der Waals surface area contributed by atoms with Crippen molar-refractivity contribution in [2.75, 3.05) is 52.4 Å². The van der Waals surface area contributed by atoms with Gasteiger partial charge in [-0.05, 0) is 86.7 Å². The summed E-state index contributed by atoms with van der Waals surface area (Å²) in [5.41, 5.74) is 4.03. The quantitative estimate of drug-likeness (QED) is 0.137. The number of fused-ring (bicyclic) bond motifs is 1. The van der Waals surface area contributed by atoms with Gasteiger partial charge in [0.15, 0.2) is 0 Å². The Hall–Kier alpha value is -5.26. The van der Waals surface area contributed by atoms with Crippen LogP contribution in [0.5, 0.6) is 5.75 Å². The number of halogens is 2. The van der Waals surface area contributed by atoms with Gasteiger partial charge in [0.2, 0.25) is 5.91 Å². The van der Waals surface area contributed by atoms with Crippen LogP contribution in [0.25, 0.3) is 16.6 Å². The van der Waals surface area contributed by atoms with Gasteiger partial charge in [0.05, 0.1) is 17.8 Å². The molecule has 0 radical (unpaired) electrons. The molecule has 1 atom stereocenters. The number of carbonyl (C=O) groups is 2. The third-order valence-corrected chi connectivity index (χ3v) is 10.9. The molecule has 0 bridgehead atoms. The molecule has 1 aromatic heterocycles. The Morgan fingerprint density at radius 2 is 1.51 bits per heavy atom. The van der Waals surface area contributed by atoms with Gasteiger partial charge in [0.1, 0.15) is 30.0 Å². The molecular weight excluding hydrogens is 701 g/mol. The van der Waals surface area contributed by atoms with E-state index in [1.165, 1.54) is 12.1 Å². The molecule has 2 fully saturated rings. The Balaban J connectivity index is 0.988. The first-order chi connectivity index (χ1) is 26.9. The summed E-state index contributed by atoms with van der Waals surface area (Å²) in [6.07, 6.45) is 3.70. The van der Waals surface area contributed by atoms with Crippen molar-refractivity contribution in [3.63, 3.8) is 0 Å². The van der Waals surface area contributed by atoms with Crippen LogP contribution in [-0.4, -0.2) is 89.7 Å². The highest BCUT2D eigenvalue weighted by Gasteiger charge is 2.37. The first-order valence-corrected chi connectivity index (χ1v) is 19.3. The number of ether oxygens (including phenoxy) is 2. The van der Waals surface area contributed by atoms with E-state index >= 15 is 0 Å². The van der Waals surface area contributed by atoms with E-state index in [2.05, 4.69) is 21.2 Å². The highest BCUT2D eigenvalue weighted by Crippen LogP contribution is 2.29. The van der Waals surface area contributed by atoms with Crippen LogP contribution in [0.2, 0.25) is 0 Å². The maximum atomic E-state index is 14.8. The second-order valence-electron chi connectivity index (χ2n) is 14.4. The Labute approximate surface area is 321 Å². The number of nitrogens with one attached hydrogen (secondary N) is 1. The van der Waals surface area contributed by atoms with E-state index in [1.807, 2.05) is 77.2 Å². The van der Waals surface area contributed by atoms with Crippen LogP contribution in [0.1, 0.15) is 36.5 Å². The van der Waals surface area contributed by atoms with Crippen LogP contribution in [0.4, 0.5) is 13.6 Å². The van der Waals surface area contributed by atoms with Gasteiger partial charge in [-0.25, -0.2) is 13.6 Å². The minimum absolute atomic E-state index is 0.0683. The molecular formula is C44H49F2N5O4. The average Bonchev–Trinajstić information content (AvgIpc) is 3.59. The SMILES string of the molecule is CCOc1cccc(F)c1CN1CCN(C(=O)[C@H](NC(=O)OCc2ccccc2)C2CCN(CCc3cn(-c4ccccc4F)c4ccccc34)CC2)CC1. The van der Waals surface area contributed by atoms with Crippen LogP contribution in [0, 0.1) is 17.6 Å². The Morgan fingerprint density at radius 3 is 2.27 bits per heavy atom. The van der Waals surface area contributed by atoms with Crippen molar-refractivity contribution in [1.29, 1.82) is 0 Å². The van der Waals surface area contributed by atoms with E-state index in [4.69, 9.17) is 9.47 Å². The number of nitrogens with zero attached hydrogens (tertiary/aromatic N) is 4. The summed E-state index contributed by atoms with van der Waals surface area (Å²) in [7, 11) is 0. The van der Waals surface area contributed by atoms with Crippen molar-refractivity contribution in [2.24, 2.45) is 5.92 Å². The molecule has 0 unspecified atom stereocenters. The van der Waals surface area contributed by atoms with Crippen molar-refractivity contribution in [3.8, 4) is 11.4 Å². The predicted octanol–water partition coefficient (Wildman–Crippen LogP) is 7.20. The smallest absolute Gasteiger partial charge is 0.408 e. The van der Waals surface area contributed by atoms with Gasteiger partial charge >= 0.3 is 6.09 Å². The zero-order valence-electron chi connectivity index (χ0n) is 31.3. The molecule has 0 aliphatic carbocycles. The van der Waals surface area contributed by atoms with Crippen molar-refractivity contribution >= 4 is 22.9 Å². The van der Waals surface area contributed by atoms with Crippen LogP contribution >= 0.6 is 0 Å². The molecule has 0 spiro atoms. The summed E-state index contributed by atoms with van der Waals surface area (Å²) in [6.45, 7) is 7.27. The summed E-state index contributed by atoms with van der Waals surface area (Å²) in [4.78, 5) is 33.8. The zero-order valence-corrected chi connectivity index (χ0v) is 31.3. The minimum Gasteiger partial charge on any atom is -0.493 e. The molecule has 288 valence electrons. The second kappa shape index (κ2) is 17.9. The van der Waals surface area contributed by atoms with Gasteiger partial charge in [-0.3, -0.25) is 9.69 Å². The van der Waals surface area contributed by atoms with Gasteiger partial charge in [-0.1, -0.05) is 66.7 Å². The standard InChI is InChI=1S/C44H49F2N5O4/c1-2-54-41-18-10-15-37(45)36(41)30-49-25-27-50(28-26-49)43(52)42(47-44(53)55-31-32-11-4-3-5-12-32)33-19-22-48(23-20-33)24-21-34-29-51(39-16-8-6-13-35(34)39)40-17-9-7-14-38(40)46/h3-18,29,33,42H,2,19-28,30-31H2,1H3,(H,47,53)/t42-/m1/s1. The number of amides is 2. The molecule has 11 heteroatoms. The monoisotopic (exact) mass is 749 g/mol. The summed E-state index contributed by atoms with van der Waals surface area (Å²) >= 11 is 0. The highest BCUT2D eigenvalue weighted by atomic mass is 19.1. The molecule has 2 aliphatic rings. The van der Waals surface area contributed by atoms with Gasteiger partial charge < -0.3 is 29.2 Å². The number of para-hydroxylation sites is 2. The number of rotatable bonds is 13. The van der Waals surface area contributed by atoms with E-state index in [-0.39, 0.29) is 30.1 Å². The number of alkyl carbamates (subject to hydrolysis) is 1. The zero-order chi connectivity index (χ0) is 38.1. The molecule has 7 rings (SSSR count). The lowest BCUT2D eigenvalue weighted by molar-refractivity contribution is -0.137. The largest absolute Gasteiger partial charge is 0.493 e.